The van der Waals surface area contributed by atoms with Crippen LogP contribution in [0.2, 0.25) is 5.02 Å². The summed E-state index contributed by atoms with van der Waals surface area (Å²) in [6, 6.07) is 9.29. The molecule has 0 unspecified atom stereocenters. The van der Waals surface area contributed by atoms with Crippen molar-refractivity contribution in [1.29, 1.82) is 0 Å². The molecule has 0 spiro atoms. The van der Waals surface area contributed by atoms with Crippen LogP contribution in [0.3, 0.4) is 0 Å². The van der Waals surface area contributed by atoms with Gasteiger partial charge in [-0.05, 0) is 73.7 Å². The molecule has 0 amide bonds. The quantitative estimate of drug-likeness (QED) is 0.553. The summed E-state index contributed by atoms with van der Waals surface area (Å²) in [6.45, 7) is 6.61. The Balaban J connectivity index is 1.62. The number of hydrogen-bond donors (Lipinski definition) is 3. The molecule has 156 valence electrons. The van der Waals surface area contributed by atoms with Crippen LogP contribution in [0.15, 0.2) is 41.4 Å². The smallest absolute Gasteiger partial charge is 0.240 e. The number of anilines is 4. The van der Waals surface area contributed by atoms with Crippen molar-refractivity contribution in [1.82, 2.24) is 14.7 Å². The van der Waals surface area contributed by atoms with Gasteiger partial charge in [-0.1, -0.05) is 17.7 Å². The molecule has 4 rings (SSSR count). The van der Waals surface area contributed by atoms with Crippen molar-refractivity contribution in [2.24, 2.45) is 0 Å². The van der Waals surface area contributed by atoms with Gasteiger partial charge in [-0.2, -0.15) is 4.98 Å². The molecule has 0 atom stereocenters. The van der Waals surface area contributed by atoms with Crippen LogP contribution in [-0.4, -0.2) is 24.9 Å². The molecule has 0 saturated heterocycles. The van der Waals surface area contributed by atoms with Gasteiger partial charge in [0, 0.05) is 17.9 Å². The molecule has 0 saturated carbocycles. The average Bonchev–Trinajstić information content (AvgIpc) is 2.69. The number of nitrogens with one attached hydrogen (secondary N) is 3. The molecule has 1 aliphatic rings. The highest BCUT2D eigenvalue weighted by Crippen LogP contribution is 2.29. The van der Waals surface area contributed by atoms with Gasteiger partial charge in [-0.25, -0.2) is 18.1 Å². The number of halogens is 1. The van der Waals surface area contributed by atoms with Gasteiger partial charge in [0.05, 0.1) is 11.1 Å². The Morgan fingerprint density at radius 2 is 1.77 bits per heavy atom. The van der Waals surface area contributed by atoms with Crippen LogP contribution < -0.4 is 15.4 Å². The van der Waals surface area contributed by atoms with Crippen LogP contribution in [-0.2, 0) is 16.4 Å². The monoisotopic (exact) mass is 443 g/mol. The largest absolute Gasteiger partial charge is 0.339 e. The first-order chi connectivity index (χ1) is 14.2. The number of benzene rings is 2. The SMILES string of the molecule is Cc1cc(Nc2ncc(Cl)c(Nc3ccc4c(c3)S(=O)(=O)NCC4)n2)cc(C)c1C. The van der Waals surface area contributed by atoms with E-state index < -0.39 is 10.0 Å². The zero-order valence-electron chi connectivity index (χ0n) is 16.9. The van der Waals surface area contributed by atoms with Crippen molar-refractivity contribution in [3.63, 3.8) is 0 Å². The maximum absolute atomic E-state index is 12.3. The summed E-state index contributed by atoms with van der Waals surface area (Å²) in [4.78, 5) is 8.98. The zero-order valence-corrected chi connectivity index (χ0v) is 18.4. The van der Waals surface area contributed by atoms with Crippen LogP contribution in [0.5, 0.6) is 0 Å². The lowest BCUT2D eigenvalue weighted by molar-refractivity contribution is 0.573. The van der Waals surface area contributed by atoms with E-state index in [9.17, 15) is 8.42 Å². The normalized spacial score (nSPS) is 14.8. The number of hydrogen-bond acceptors (Lipinski definition) is 6. The molecule has 30 heavy (non-hydrogen) atoms. The highest BCUT2D eigenvalue weighted by Gasteiger charge is 2.23. The van der Waals surface area contributed by atoms with Crippen LogP contribution in [0.1, 0.15) is 22.3 Å². The van der Waals surface area contributed by atoms with Crippen LogP contribution in [0.25, 0.3) is 0 Å². The lowest BCUT2D eigenvalue weighted by Crippen LogP contribution is -2.31. The van der Waals surface area contributed by atoms with Gasteiger partial charge in [0.1, 0.15) is 5.02 Å². The van der Waals surface area contributed by atoms with Gasteiger partial charge < -0.3 is 10.6 Å². The third kappa shape index (κ3) is 4.12. The minimum absolute atomic E-state index is 0.271. The van der Waals surface area contributed by atoms with Crippen LogP contribution in [0, 0.1) is 20.8 Å². The van der Waals surface area contributed by atoms with E-state index in [1.807, 2.05) is 24.3 Å². The number of nitrogens with zero attached hydrogens (tertiary/aromatic N) is 2. The highest BCUT2D eigenvalue weighted by molar-refractivity contribution is 7.89. The van der Waals surface area contributed by atoms with E-state index in [-0.39, 0.29) is 4.90 Å². The van der Waals surface area contributed by atoms with E-state index >= 15 is 0 Å². The summed E-state index contributed by atoms with van der Waals surface area (Å²) in [6.07, 6.45) is 2.16. The van der Waals surface area contributed by atoms with E-state index in [0.29, 0.717) is 35.4 Å². The highest BCUT2D eigenvalue weighted by atomic mass is 35.5. The first-order valence-corrected chi connectivity index (χ1v) is 11.4. The third-order valence-corrected chi connectivity index (χ3v) is 7.05. The maximum atomic E-state index is 12.3. The van der Waals surface area contributed by atoms with E-state index in [1.165, 1.54) is 22.9 Å². The predicted molar refractivity (Wildman–Crippen MR) is 120 cm³/mol. The van der Waals surface area contributed by atoms with Crippen molar-refractivity contribution in [2.75, 3.05) is 17.2 Å². The minimum atomic E-state index is -3.50. The second kappa shape index (κ2) is 7.86. The Hall–Kier alpha value is -2.68. The fourth-order valence-electron chi connectivity index (χ4n) is 3.38. The fourth-order valence-corrected chi connectivity index (χ4v) is 4.84. The Kier molecular flexibility index (Phi) is 5.40. The molecule has 3 aromatic rings. The zero-order chi connectivity index (χ0) is 21.5. The summed E-state index contributed by atoms with van der Waals surface area (Å²) in [5.41, 5.74) is 5.85. The standard InChI is InChI=1S/C21H22ClN5O2S/c1-12-8-17(9-13(2)14(12)3)26-21-23-11-18(22)20(27-21)25-16-5-4-15-6-7-24-30(28,29)19(15)10-16/h4-5,8-11,24H,6-7H2,1-3H3,(H2,23,25,26,27). The summed E-state index contributed by atoms with van der Waals surface area (Å²) in [7, 11) is -3.50. The molecule has 2 aromatic carbocycles. The van der Waals surface area contributed by atoms with Gasteiger partial charge in [0.2, 0.25) is 16.0 Å². The van der Waals surface area contributed by atoms with E-state index in [4.69, 9.17) is 11.6 Å². The van der Waals surface area contributed by atoms with Gasteiger partial charge in [-0.15, -0.1) is 0 Å². The van der Waals surface area contributed by atoms with Crippen molar-refractivity contribution in [3.05, 3.63) is 63.8 Å². The molecular formula is C21H22ClN5O2S. The molecule has 1 aromatic heterocycles. The molecule has 7 nitrogen and oxygen atoms in total. The molecule has 3 N–H and O–H groups in total. The van der Waals surface area contributed by atoms with Gasteiger partial charge >= 0.3 is 0 Å². The lowest BCUT2D eigenvalue weighted by Gasteiger charge is -2.18. The maximum Gasteiger partial charge on any atom is 0.240 e. The molecule has 0 aliphatic carbocycles. The molecule has 9 heteroatoms. The summed E-state index contributed by atoms with van der Waals surface area (Å²) in [5, 5.41) is 6.63. The number of sulfonamides is 1. The number of rotatable bonds is 4. The summed E-state index contributed by atoms with van der Waals surface area (Å²) in [5.74, 6) is 0.771. The second-order valence-corrected chi connectivity index (χ2v) is 9.49. The second-order valence-electron chi connectivity index (χ2n) is 7.35. The average molecular weight is 444 g/mol. The van der Waals surface area contributed by atoms with Crippen molar-refractivity contribution >= 4 is 44.8 Å². The Labute approximate surface area is 181 Å². The Bertz CT molecular complexity index is 1220. The lowest BCUT2D eigenvalue weighted by atomic mass is 10.0. The van der Waals surface area contributed by atoms with Crippen molar-refractivity contribution in [3.8, 4) is 0 Å². The van der Waals surface area contributed by atoms with Crippen LogP contribution in [0.4, 0.5) is 23.1 Å². The number of fused-ring (bicyclic) bond motifs is 1. The van der Waals surface area contributed by atoms with E-state index in [2.05, 4.69) is 46.1 Å². The van der Waals surface area contributed by atoms with E-state index in [1.54, 1.807) is 6.07 Å². The van der Waals surface area contributed by atoms with Crippen molar-refractivity contribution < 1.29 is 8.42 Å². The first kappa shape index (κ1) is 20.6. The topological polar surface area (TPSA) is 96.0 Å². The Morgan fingerprint density at radius 1 is 1.03 bits per heavy atom. The molecule has 0 radical (unpaired) electrons. The first-order valence-electron chi connectivity index (χ1n) is 9.50. The van der Waals surface area contributed by atoms with Crippen LogP contribution >= 0.6 is 11.6 Å². The number of aryl methyl sites for hydroxylation is 2. The minimum Gasteiger partial charge on any atom is -0.339 e. The van der Waals surface area contributed by atoms with Crippen molar-refractivity contribution in [2.45, 2.75) is 32.1 Å². The fraction of sp³-hybridized carbons (Fsp3) is 0.238. The third-order valence-electron chi connectivity index (χ3n) is 5.23. The van der Waals surface area contributed by atoms with E-state index in [0.717, 1.165) is 11.3 Å². The molecule has 0 fully saturated rings. The molecule has 1 aliphatic heterocycles. The Morgan fingerprint density at radius 3 is 2.50 bits per heavy atom. The van der Waals surface area contributed by atoms with Gasteiger partial charge in [0.15, 0.2) is 5.82 Å². The molecular weight excluding hydrogens is 422 g/mol. The number of aromatic nitrogens is 2. The van der Waals surface area contributed by atoms with Gasteiger partial charge in [-0.3, -0.25) is 0 Å². The summed E-state index contributed by atoms with van der Waals surface area (Å²) < 4.78 is 27.1. The molecule has 0 bridgehead atoms. The van der Waals surface area contributed by atoms with Gasteiger partial charge in [0.25, 0.3) is 0 Å². The summed E-state index contributed by atoms with van der Waals surface area (Å²) >= 11 is 6.27. The predicted octanol–water partition coefficient (Wildman–Crippen LogP) is 4.38. The molecule has 2 heterocycles.